The Morgan fingerprint density at radius 3 is 2.63 bits per heavy atom. The molecule has 0 spiro atoms. The monoisotopic (exact) mass is 263 g/mol. The van der Waals surface area contributed by atoms with E-state index in [4.69, 9.17) is 4.52 Å². The first kappa shape index (κ1) is 13.1. The average molecular weight is 263 g/mol. The molecule has 0 bridgehead atoms. The number of aromatic nitrogens is 2. The molecule has 1 heterocycles. The van der Waals surface area contributed by atoms with E-state index in [0.717, 1.165) is 18.1 Å². The number of nitrogens with zero attached hydrogens (tertiary/aromatic N) is 2. The Hall–Kier alpha value is -0.900. The molecule has 2 fully saturated rings. The summed E-state index contributed by atoms with van der Waals surface area (Å²) in [5, 5.41) is 7.65. The van der Waals surface area contributed by atoms with Gasteiger partial charge in [-0.25, -0.2) is 0 Å². The summed E-state index contributed by atoms with van der Waals surface area (Å²) in [6.45, 7) is 0. The Bertz CT molecular complexity index is 398. The molecule has 2 aliphatic rings. The Labute approximate surface area is 115 Å². The van der Waals surface area contributed by atoms with E-state index in [1.807, 2.05) is 0 Å². The highest BCUT2D eigenvalue weighted by atomic mass is 16.5. The topological polar surface area (TPSA) is 51.0 Å². The lowest BCUT2D eigenvalue weighted by Gasteiger charge is -2.30. The van der Waals surface area contributed by atoms with Gasteiger partial charge in [-0.3, -0.25) is 0 Å². The van der Waals surface area contributed by atoms with Crippen LogP contribution in [0.15, 0.2) is 4.52 Å². The van der Waals surface area contributed by atoms with Crippen LogP contribution in [0.4, 0.5) is 0 Å². The molecule has 2 aliphatic carbocycles. The molecule has 1 aromatic rings. The van der Waals surface area contributed by atoms with E-state index in [0.29, 0.717) is 17.9 Å². The fourth-order valence-corrected chi connectivity index (χ4v) is 3.76. The van der Waals surface area contributed by atoms with Gasteiger partial charge in [0.2, 0.25) is 5.89 Å². The highest BCUT2D eigenvalue weighted by molar-refractivity contribution is 4.99. The van der Waals surface area contributed by atoms with Crippen molar-refractivity contribution in [1.82, 2.24) is 15.5 Å². The lowest BCUT2D eigenvalue weighted by molar-refractivity contribution is 0.248. The van der Waals surface area contributed by atoms with Crippen molar-refractivity contribution in [3.63, 3.8) is 0 Å². The highest BCUT2D eigenvalue weighted by Crippen LogP contribution is 2.33. The number of nitrogens with one attached hydrogen (secondary N) is 1. The standard InChI is InChI=1S/C15H25N3O/c1-16-13-9-5-4-8-12(13)10-14-17-15(18-19-14)11-6-2-3-7-11/h11-13,16H,2-10H2,1H3. The second-order valence-corrected chi connectivity index (χ2v) is 6.17. The van der Waals surface area contributed by atoms with Crippen molar-refractivity contribution in [3.8, 4) is 0 Å². The zero-order chi connectivity index (χ0) is 13.1. The van der Waals surface area contributed by atoms with Gasteiger partial charge in [0.05, 0.1) is 0 Å². The van der Waals surface area contributed by atoms with Gasteiger partial charge in [-0.15, -0.1) is 0 Å². The first-order valence-corrected chi connectivity index (χ1v) is 7.86. The van der Waals surface area contributed by atoms with E-state index in [1.165, 1.54) is 51.4 Å². The second kappa shape index (κ2) is 6.04. The molecule has 0 aromatic carbocycles. The molecule has 19 heavy (non-hydrogen) atoms. The van der Waals surface area contributed by atoms with Crippen molar-refractivity contribution in [2.24, 2.45) is 5.92 Å². The molecule has 2 atom stereocenters. The third kappa shape index (κ3) is 2.99. The first-order valence-electron chi connectivity index (χ1n) is 7.86. The summed E-state index contributed by atoms with van der Waals surface area (Å²) in [7, 11) is 2.07. The Balaban J connectivity index is 1.62. The molecule has 4 nitrogen and oxygen atoms in total. The average Bonchev–Trinajstić information content (AvgIpc) is 3.09. The normalized spacial score (nSPS) is 28.9. The van der Waals surface area contributed by atoms with E-state index in [-0.39, 0.29) is 0 Å². The first-order chi connectivity index (χ1) is 9.36. The van der Waals surface area contributed by atoms with Gasteiger partial charge in [-0.1, -0.05) is 30.8 Å². The third-order valence-corrected chi connectivity index (χ3v) is 4.92. The van der Waals surface area contributed by atoms with Crippen molar-refractivity contribution in [2.75, 3.05) is 7.05 Å². The largest absolute Gasteiger partial charge is 0.339 e. The second-order valence-electron chi connectivity index (χ2n) is 6.17. The summed E-state index contributed by atoms with van der Waals surface area (Å²) in [5.41, 5.74) is 0. The van der Waals surface area contributed by atoms with Crippen LogP contribution in [0, 0.1) is 5.92 Å². The van der Waals surface area contributed by atoms with E-state index < -0.39 is 0 Å². The van der Waals surface area contributed by atoms with Crippen LogP contribution in [0.2, 0.25) is 0 Å². The van der Waals surface area contributed by atoms with Gasteiger partial charge < -0.3 is 9.84 Å². The van der Waals surface area contributed by atoms with Gasteiger partial charge in [-0.2, -0.15) is 4.98 Å². The molecule has 2 saturated carbocycles. The molecule has 1 N–H and O–H groups in total. The van der Waals surface area contributed by atoms with Gasteiger partial charge in [0.25, 0.3) is 0 Å². The summed E-state index contributed by atoms with van der Waals surface area (Å²) >= 11 is 0. The lowest BCUT2D eigenvalue weighted by atomic mass is 9.82. The van der Waals surface area contributed by atoms with E-state index in [1.54, 1.807) is 0 Å². The Morgan fingerprint density at radius 2 is 1.84 bits per heavy atom. The number of rotatable bonds is 4. The molecular weight excluding hydrogens is 238 g/mol. The number of hydrogen-bond donors (Lipinski definition) is 1. The van der Waals surface area contributed by atoms with Gasteiger partial charge in [0.1, 0.15) is 0 Å². The number of hydrogen-bond acceptors (Lipinski definition) is 4. The van der Waals surface area contributed by atoms with Crippen molar-refractivity contribution in [3.05, 3.63) is 11.7 Å². The van der Waals surface area contributed by atoms with Crippen LogP contribution in [0.5, 0.6) is 0 Å². The summed E-state index contributed by atoms with van der Waals surface area (Å²) in [4.78, 5) is 4.65. The molecule has 0 aliphatic heterocycles. The third-order valence-electron chi connectivity index (χ3n) is 4.92. The van der Waals surface area contributed by atoms with Gasteiger partial charge in [0, 0.05) is 18.4 Å². The Kier molecular flexibility index (Phi) is 4.16. The van der Waals surface area contributed by atoms with E-state index >= 15 is 0 Å². The quantitative estimate of drug-likeness (QED) is 0.907. The summed E-state index contributed by atoms with van der Waals surface area (Å²) in [6.07, 6.45) is 11.3. The SMILES string of the molecule is CNC1CCCCC1Cc1nc(C2CCCC2)no1. The molecule has 0 amide bonds. The van der Waals surface area contributed by atoms with Crippen LogP contribution in [-0.2, 0) is 6.42 Å². The molecule has 0 saturated heterocycles. The smallest absolute Gasteiger partial charge is 0.226 e. The van der Waals surface area contributed by atoms with Crippen LogP contribution in [-0.4, -0.2) is 23.2 Å². The predicted molar refractivity (Wildman–Crippen MR) is 74.0 cm³/mol. The van der Waals surface area contributed by atoms with E-state index in [2.05, 4.69) is 22.5 Å². The maximum atomic E-state index is 5.48. The van der Waals surface area contributed by atoms with Crippen molar-refractivity contribution in [2.45, 2.75) is 69.7 Å². The molecule has 0 radical (unpaired) electrons. The minimum absolute atomic E-state index is 0.559. The molecule has 3 rings (SSSR count). The van der Waals surface area contributed by atoms with Gasteiger partial charge in [0.15, 0.2) is 5.82 Å². The van der Waals surface area contributed by atoms with Crippen LogP contribution < -0.4 is 5.32 Å². The van der Waals surface area contributed by atoms with Crippen LogP contribution in [0.3, 0.4) is 0 Å². The van der Waals surface area contributed by atoms with Crippen molar-refractivity contribution >= 4 is 0 Å². The van der Waals surface area contributed by atoms with Gasteiger partial charge >= 0.3 is 0 Å². The van der Waals surface area contributed by atoms with Crippen molar-refractivity contribution < 1.29 is 4.52 Å². The molecule has 2 unspecified atom stereocenters. The van der Waals surface area contributed by atoms with Gasteiger partial charge in [-0.05, 0) is 38.6 Å². The lowest BCUT2D eigenvalue weighted by Crippen LogP contribution is -2.37. The zero-order valence-electron chi connectivity index (χ0n) is 11.9. The minimum Gasteiger partial charge on any atom is -0.339 e. The van der Waals surface area contributed by atoms with Crippen LogP contribution in [0.1, 0.15) is 69.0 Å². The summed E-state index contributed by atoms with van der Waals surface area (Å²) < 4.78 is 5.48. The molecule has 4 heteroatoms. The fraction of sp³-hybridized carbons (Fsp3) is 0.867. The molecule has 106 valence electrons. The molecular formula is C15H25N3O. The predicted octanol–water partition coefficient (Wildman–Crippen LogP) is 3.05. The maximum absolute atomic E-state index is 5.48. The summed E-state index contributed by atoms with van der Waals surface area (Å²) in [6, 6.07) is 0.621. The minimum atomic E-state index is 0.559. The maximum Gasteiger partial charge on any atom is 0.226 e. The van der Waals surface area contributed by atoms with E-state index in [9.17, 15) is 0 Å². The van der Waals surface area contributed by atoms with Crippen molar-refractivity contribution in [1.29, 1.82) is 0 Å². The zero-order valence-corrected chi connectivity index (χ0v) is 11.9. The fourth-order valence-electron chi connectivity index (χ4n) is 3.76. The molecule has 1 aromatic heterocycles. The highest BCUT2D eigenvalue weighted by Gasteiger charge is 2.27. The van der Waals surface area contributed by atoms with Crippen LogP contribution in [0.25, 0.3) is 0 Å². The Morgan fingerprint density at radius 1 is 1.11 bits per heavy atom. The summed E-state index contributed by atoms with van der Waals surface area (Å²) in [5.74, 6) is 3.04. The van der Waals surface area contributed by atoms with Crippen LogP contribution >= 0.6 is 0 Å².